The summed E-state index contributed by atoms with van der Waals surface area (Å²) in [6.07, 6.45) is 1.49. The smallest absolute Gasteiger partial charge is 0.343 e. The summed E-state index contributed by atoms with van der Waals surface area (Å²) in [5.41, 5.74) is 4.09. The molecule has 28 heavy (non-hydrogen) atoms. The number of rotatable bonds is 5. The number of hydrogen-bond donors (Lipinski definition) is 1. The quantitative estimate of drug-likeness (QED) is 0.251. The van der Waals surface area contributed by atoms with Crippen molar-refractivity contribution in [3.05, 3.63) is 99.0 Å². The van der Waals surface area contributed by atoms with Gasteiger partial charge >= 0.3 is 5.97 Å². The lowest BCUT2D eigenvalue weighted by molar-refractivity contribution is 0.0734. The van der Waals surface area contributed by atoms with Crippen LogP contribution in [0.25, 0.3) is 0 Å². The molecular weight excluding hydrogens is 444 g/mol. The third-order valence-electron chi connectivity index (χ3n) is 3.66. The number of hydrazone groups is 1. The van der Waals surface area contributed by atoms with Crippen molar-refractivity contribution in [1.29, 1.82) is 0 Å². The summed E-state index contributed by atoms with van der Waals surface area (Å²) in [4.78, 5) is 24.0. The van der Waals surface area contributed by atoms with Gasteiger partial charge in [0.05, 0.1) is 11.8 Å². The van der Waals surface area contributed by atoms with Crippen LogP contribution in [0.15, 0.2) is 82.4 Å². The van der Waals surface area contributed by atoms with E-state index < -0.39 is 5.97 Å². The van der Waals surface area contributed by atoms with Gasteiger partial charge in [-0.3, -0.25) is 4.79 Å². The molecule has 0 aliphatic carbocycles. The molecule has 0 atom stereocenters. The molecule has 3 rings (SSSR count). The highest BCUT2D eigenvalue weighted by Crippen LogP contribution is 2.16. The average Bonchev–Trinajstić information content (AvgIpc) is 2.70. The SMILES string of the molecule is O=C(N/N=C/c1ccc(OC(=O)c2ccc(Br)cc2)cc1)c1ccc(Cl)cc1. The molecule has 0 spiro atoms. The summed E-state index contributed by atoms with van der Waals surface area (Å²) in [5, 5.41) is 4.47. The van der Waals surface area contributed by atoms with E-state index in [1.807, 2.05) is 0 Å². The first-order chi connectivity index (χ1) is 13.5. The first-order valence-corrected chi connectivity index (χ1v) is 9.35. The molecular formula is C21H14BrClN2O3. The second-order valence-electron chi connectivity index (χ2n) is 5.67. The molecule has 3 aromatic rings. The van der Waals surface area contributed by atoms with E-state index in [-0.39, 0.29) is 5.91 Å². The highest BCUT2D eigenvalue weighted by molar-refractivity contribution is 9.10. The van der Waals surface area contributed by atoms with Gasteiger partial charge in [0.2, 0.25) is 0 Å². The van der Waals surface area contributed by atoms with Crippen LogP contribution in [0, 0.1) is 0 Å². The van der Waals surface area contributed by atoms with Crippen LogP contribution in [0.5, 0.6) is 5.75 Å². The molecule has 0 aromatic heterocycles. The Bertz CT molecular complexity index is 1000. The molecule has 1 amide bonds. The van der Waals surface area contributed by atoms with E-state index in [0.29, 0.717) is 21.9 Å². The maximum Gasteiger partial charge on any atom is 0.343 e. The molecule has 0 heterocycles. The fraction of sp³-hybridized carbons (Fsp3) is 0. The van der Waals surface area contributed by atoms with Crippen molar-refractivity contribution in [2.45, 2.75) is 0 Å². The van der Waals surface area contributed by atoms with Gasteiger partial charge in [-0.05, 0) is 78.4 Å². The Labute approximate surface area is 175 Å². The molecule has 0 radical (unpaired) electrons. The Balaban J connectivity index is 1.55. The number of nitrogens with one attached hydrogen (secondary N) is 1. The van der Waals surface area contributed by atoms with E-state index >= 15 is 0 Å². The van der Waals surface area contributed by atoms with E-state index in [9.17, 15) is 9.59 Å². The van der Waals surface area contributed by atoms with Gasteiger partial charge in [-0.25, -0.2) is 10.2 Å². The maximum atomic E-state index is 12.1. The van der Waals surface area contributed by atoms with Crippen molar-refractivity contribution in [1.82, 2.24) is 5.43 Å². The number of nitrogens with zero attached hydrogens (tertiary/aromatic N) is 1. The van der Waals surface area contributed by atoms with Crippen LogP contribution in [0.4, 0.5) is 0 Å². The lowest BCUT2D eigenvalue weighted by Crippen LogP contribution is -2.17. The molecule has 140 valence electrons. The zero-order chi connectivity index (χ0) is 19.9. The van der Waals surface area contributed by atoms with Crippen LogP contribution >= 0.6 is 27.5 Å². The lowest BCUT2D eigenvalue weighted by atomic mass is 10.2. The van der Waals surface area contributed by atoms with Gasteiger partial charge in [0, 0.05) is 15.1 Å². The van der Waals surface area contributed by atoms with Crippen LogP contribution in [0.3, 0.4) is 0 Å². The average molecular weight is 458 g/mol. The number of halogens is 2. The highest BCUT2D eigenvalue weighted by atomic mass is 79.9. The van der Waals surface area contributed by atoms with Gasteiger partial charge < -0.3 is 4.74 Å². The minimum Gasteiger partial charge on any atom is -0.423 e. The zero-order valence-electron chi connectivity index (χ0n) is 14.4. The monoisotopic (exact) mass is 456 g/mol. The van der Waals surface area contributed by atoms with Crippen LogP contribution < -0.4 is 10.2 Å². The summed E-state index contributed by atoms with van der Waals surface area (Å²) in [5.74, 6) is -0.368. The fourth-order valence-electron chi connectivity index (χ4n) is 2.21. The molecule has 0 aliphatic rings. The summed E-state index contributed by atoms with van der Waals surface area (Å²) in [6.45, 7) is 0. The number of benzene rings is 3. The van der Waals surface area contributed by atoms with Crippen molar-refractivity contribution in [2.75, 3.05) is 0 Å². The van der Waals surface area contributed by atoms with Gasteiger partial charge in [0.25, 0.3) is 5.91 Å². The van der Waals surface area contributed by atoms with Crippen molar-refractivity contribution >= 4 is 45.6 Å². The first-order valence-electron chi connectivity index (χ1n) is 8.18. The largest absolute Gasteiger partial charge is 0.423 e. The molecule has 7 heteroatoms. The third-order valence-corrected chi connectivity index (χ3v) is 4.44. The van der Waals surface area contributed by atoms with Gasteiger partial charge in [-0.1, -0.05) is 27.5 Å². The second kappa shape index (κ2) is 9.30. The van der Waals surface area contributed by atoms with Crippen molar-refractivity contribution in [3.8, 4) is 5.75 Å². The highest BCUT2D eigenvalue weighted by Gasteiger charge is 2.08. The first kappa shape index (κ1) is 19.8. The molecule has 0 bridgehead atoms. The third kappa shape index (κ3) is 5.52. The van der Waals surface area contributed by atoms with Gasteiger partial charge in [0.15, 0.2) is 0 Å². The molecule has 0 aliphatic heterocycles. The zero-order valence-corrected chi connectivity index (χ0v) is 16.8. The van der Waals surface area contributed by atoms with Crippen molar-refractivity contribution < 1.29 is 14.3 Å². The summed E-state index contributed by atoms with van der Waals surface area (Å²) >= 11 is 9.11. The van der Waals surface area contributed by atoms with Crippen molar-refractivity contribution in [2.24, 2.45) is 5.10 Å². The van der Waals surface area contributed by atoms with E-state index in [2.05, 4.69) is 26.5 Å². The topological polar surface area (TPSA) is 67.8 Å². The van der Waals surface area contributed by atoms with Crippen LogP contribution in [0.1, 0.15) is 26.3 Å². The Kier molecular flexibility index (Phi) is 6.57. The van der Waals surface area contributed by atoms with E-state index in [1.54, 1.807) is 72.8 Å². The van der Waals surface area contributed by atoms with Crippen LogP contribution in [-0.4, -0.2) is 18.1 Å². The molecule has 0 unspecified atom stereocenters. The van der Waals surface area contributed by atoms with Crippen molar-refractivity contribution in [3.63, 3.8) is 0 Å². The molecule has 3 aromatic carbocycles. The Morgan fingerprint density at radius 1 is 0.893 bits per heavy atom. The summed E-state index contributed by atoms with van der Waals surface area (Å²) in [7, 11) is 0. The number of hydrogen-bond acceptors (Lipinski definition) is 4. The minimum atomic E-state index is -0.441. The Morgan fingerprint density at radius 3 is 2.14 bits per heavy atom. The predicted octanol–water partition coefficient (Wildman–Crippen LogP) is 5.09. The number of carbonyl (C=O) groups excluding carboxylic acids is 2. The predicted molar refractivity (Wildman–Crippen MR) is 112 cm³/mol. The Morgan fingerprint density at radius 2 is 1.50 bits per heavy atom. The second-order valence-corrected chi connectivity index (χ2v) is 7.02. The van der Waals surface area contributed by atoms with E-state index in [0.717, 1.165) is 10.0 Å². The molecule has 0 fully saturated rings. The summed E-state index contributed by atoms with van der Waals surface area (Å²) in [6, 6.07) is 20.1. The number of carbonyl (C=O) groups is 2. The molecule has 1 N–H and O–H groups in total. The normalized spacial score (nSPS) is 10.6. The number of esters is 1. The van der Waals surface area contributed by atoms with Crippen LogP contribution in [0.2, 0.25) is 5.02 Å². The van der Waals surface area contributed by atoms with Gasteiger partial charge in [-0.2, -0.15) is 5.10 Å². The van der Waals surface area contributed by atoms with Gasteiger partial charge in [0.1, 0.15) is 5.75 Å². The lowest BCUT2D eigenvalue weighted by Gasteiger charge is -2.05. The van der Waals surface area contributed by atoms with E-state index in [4.69, 9.17) is 16.3 Å². The summed E-state index contributed by atoms with van der Waals surface area (Å²) < 4.78 is 6.21. The minimum absolute atomic E-state index is 0.340. The maximum absolute atomic E-state index is 12.1. The standard InChI is InChI=1S/C21H14BrClN2O3/c22-17-7-3-16(4-8-17)21(27)28-19-11-1-14(2-12-19)13-24-25-20(26)15-5-9-18(23)10-6-15/h1-13H,(H,25,26)/b24-13+. The van der Waals surface area contributed by atoms with Crippen LogP contribution in [-0.2, 0) is 0 Å². The molecule has 0 saturated heterocycles. The Hall–Kier alpha value is -2.96. The molecule has 5 nitrogen and oxygen atoms in total. The van der Waals surface area contributed by atoms with E-state index in [1.165, 1.54) is 6.21 Å². The molecule has 0 saturated carbocycles. The number of ether oxygens (including phenoxy) is 1. The fourth-order valence-corrected chi connectivity index (χ4v) is 2.60. The van der Waals surface area contributed by atoms with Gasteiger partial charge in [-0.15, -0.1) is 0 Å². The number of amides is 1.